The third kappa shape index (κ3) is 3.95. The van der Waals surface area contributed by atoms with Crippen LogP contribution in [0.15, 0.2) is 65.7 Å². The molecular weight excluding hydrogens is 444 g/mol. The number of carbonyl (C=O) groups is 2. The summed E-state index contributed by atoms with van der Waals surface area (Å²) in [7, 11) is -3.93. The van der Waals surface area contributed by atoms with Crippen molar-refractivity contribution < 1.29 is 18.0 Å². The molecule has 0 aliphatic carbocycles. The molecule has 1 aromatic heterocycles. The summed E-state index contributed by atoms with van der Waals surface area (Å²) in [5.74, 6) is -0.677. The number of aromatic nitrogens is 3. The molecule has 1 saturated heterocycles. The lowest BCUT2D eigenvalue weighted by Gasteiger charge is -2.36. The number of benzene rings is 2. The van der Waals surface area contributed by atoms with Crippen molar-refractivity contribution in [1.82, 2.24) is 24.2 Å². The Kier molecular flexibility index (Phi) is 5.33. The highest BCUT2D eigenvalue weighted by atomic mass is 32.2. The summed E-state index contributed by atoms with van der Waals surface area (Å²) in [6.07, 6.45) is 1.50. The molecule has 3 aromatic rings. The summed E-state index contributed by atoms with van der Waals surface area (Å²) in [5.41, 5.74) is 1.58. The molecule has 33 heavy (non-hydrogen) atoms. The molecule has 0 unspecified atom stereocenters. The molecule has 11 heteroatoms. The second-order valence-corrected chi connectivity index (χ2v) is 9.75. The minimum Gasteiger partial charge on any atom is -0.368 e. The second kappa shape index (κ2) is 8.32. The van der Waals surface area contributed by atoms with Gasteiger partial charge >= 0.3 is 0 Å². The number of fused-ring (bicyclic) bond motifs is 1. The maximum Gasteiger partial charge on any atom is 0.269 e. The molecule has 5 rings (SSSR count). The number of rotatable bonds is 5. The highest BCUT2D eigenvalue weighted by Crippen LogP contribution is 2.30. The Morgan fingerprint density at radius 2 is 1.64 bits per heavy atom. The molecule has 3 heterocycles. The maximum absolute atomic E-state index is 12.7. The zero-order chi connectivity index (χ0) is 23.0. The zero-order valence-corrected chi connectivity index (χ0v) is 18.6. The number of nitrogens with zero attached hydrogens (tertiary/aromatic N) is 6. The van der Waals surface area contributed by atoms with Gasteiger partial charge in [0, 0.05) is 31.9 Å². The van der Waals surface area contributed by atoms with Crippen molar-refractivity contribution in [2.75, 3.05) is 31.1 Å². The largest absolute Gasteiger partial charge is 0.368 e. The zero-order valence-electron chi connectivity index (χ0n) is 17.7. The number of sulfonamides is 1. The number of amides is 2. The third-order valence-corrected chi connectivity index (χ3v) is 7.64. The van der Waals surface area contributed by atoms with Crippen molar-refractivity contribution in [2.45, 2.75) is 18.0 Å². The van der Waals surface area contributed by atoms with Gasteiger partial charge in [-0.05, 0) is 24.3 Å². The van der Waals surface area contributed by atoms with Crippen molar-refractivity contribution in [1.29, 1.82) is 0 Å². The van der Waals surface area contributed by atoms with Gasteiger partial charge in [-0.1, -0.05) is 35.5 Å². The predicted molar refractivity (Wildman–Crippen MR) is 119 cm³/mol. The van der Waals surface area contributed by atoms with Crippen LogP contribution < -0.4 is 4.90 Å². The van der Waals surface area contributed by atoms with E-state index >= 15 is 0 Å². The van der Waals surface area contributed by atoms with Gasteiger partial charge in [0.15, 0.2) is 0 Å². The number of anilines is 1. The van der Waals surface area contributed by atoms with E-state index in [1.807, 2.05) is 18.2 Å². The number of carbonyl (C=O) groups excluding carboxylic acids is 2. The van der Waals surface area contributed by atoms with E-state index in [0.29, 0.717) is 18.8 Å². The standard InChI is InChI=1S/C22H22N6O4S/c29-21(26-12-10-25(11-13-26)18-6-2-1-3-7-18)16-27-14-17(23-24-27)15-28-22(30)19-8-4-5-9-20(19)33(28,31)32/h1-9,14H,10-13,15-16H2. The van der Waals surface area contributed by atoms with E-state index in [1.165, 1.54) is 23.0 Å². The van der Waals surface area contributed by atoms with Gasteiger partial charge in [-0.25, -0.2) is 17.4 Å². The third-order valence-electron chi connectivity index (χ3n) is 5.85. The average Bonchev–Trinajstić information content (AvgIpc) is 3.36. The Balaban J connectivity index is 1.20. The van der Waals surface area contributed by atoms with Gasteiger partial charge in [0.2, 0.25) is 5.91 Å². The van der Waals surface area contributed by atoms with Crippen LogP contribution in [-0.4, -0.2) is 70.6 Å². The molecule has 2 aliphatic heterocycles. The monoisotopic (exact) mass is 466 g/mol. The van der Waals surface area contributed by atoms with Crippen LogP contribution in [0.2, 0.25) is 0 Å². The van der Waals surface area contributed by atoms with Gasteiger partial charge in [0.1, 0.15) is 17.1 Å². The van der Waals surface area contributed by atoms with Crippen LogP contribution >= 0.6 is 0 Å². The van der Waals surface area contributed by atoms with Crippen LogP contribution in [0.1, 0.15) is 16.1 Å². The predicted octanol–water partition coefficient (Wildman–Crippen LogP) is 0.972. The highest BCUT2D eigenvalue weighted by molar-refractivity contribution is 7.90. The molecule has 1 fully saturated rings. The summed E-state index contributed by atoms with van der Waals surface area (Å²) in [5, 5.41) is 7.92. The molecule has 2 aliphatic rings. The minimum absolute atomic E-state index is 0.000735. The molecule has 0 radical (unpaired) electrons. The molecule has 10 nitrogen and oxygen atoms in total. The quantitative estimate of drug-likeness (QED) is 0.551. The molecule has 0 saturated carbocycles. The lowest BCUT2D eigenvalue weighted by molar-refractivity contribution is -0.132. The number of para-hydroxylation sites is 1. The van der Waals surface area contributed by atoms with E-state index in [2.05, 4.69) is 27.3 Å². The first kappa shape index (κ1) is 21.1. The SMILES string of the molecule is O=C(Cn1cc(CN2C(=O)c3ccccc3S2(=O)=O)nn1)N1CCN(c2ccccc2)CC1. The molecule has 0 spiro atoms. The topological polar surface area (TPSA) is 109 Å². The van der Waals surface area contributed by atoms with E-state index in [9.17, 15) is 18.0 Å². The lowest BCUT2D eigenvalue weighted by atomic mass is 10.2. The first-order valence-electron chi connectivity index (χ1n) is 10.6. The summed E-state index contributed by atoms with van der Waals surface area (Å²) >= 11 is 0. The van der Waals surface area contributed by atoms with Crippen LogP contribution in [0.5, 0.6) is 0 Å². The molecule has 0 bridgehead atoms. The molecule has 2 aromatic carbocycles. The maximum atomic E-state index is 12.7. The van der Waals surface area contributed by atoms with Crippen LogP contribution in [0.25, 0.3) is 0 Å². The number of hydrogen-bond acceptors (Lipinski definition) is 7. The smallest absolute Gasteiger partial charge is 0.269 e. The first-order valence-corrected chi connectivity index (χ1v) is 12.0. The van der Waals surface area contributed by atoms with E-state index in [4.69, 9.17) is 0 Å². The average molecular weight is 467 g/mol. The molecule has 2 amide bonds. The lowest BCUT2D eigenvalue weighted by Crippen LogP contribution is -2.49. The Labute approximate surface area is 191 Å². The van der Waals surface area contributed by atoms with Crippen molar-refractivity contribution in [3.63, 3.8) is 0 Å². The normalized spacial score (nSPS) is 17.3. The fraction of sp³-hybridized carbons (Fsp3) is 0.273. The molecule has 170 valence electrons. The van der Waals surface area contributed by atoms with E-state index < -0.39 is 15.9 Å². The van der Waals surface area contributed by atoms with E-state index in [1.54, 1.807) is 17.0 Å². The van der Waals surface area contributed by atoms with Crippen LogP contribution in [-0.2, 0) is 27.9 Å². The van der Waals surface area contributed by atoms with Gasteiger partial charge < -0.3 is 9.80 Å². The Bertz CT molecular complexity index is 1300. The van der Waals surface area contributed by atoms with Crippen LogP contribution in [0.4, 0.5) is 5.69 Å². The molecule has 0 atom stereocenters. The van der Waals surface area contributed by atoms with E-state index in [-0.39, 0.29) is 29.5 Å². The van der Waals surface area contributed by atoms with Crippen LogP contribution in [0.3, 0.4) is 0 Å². The first-order chi connectivity index (χ1) is 15.9. The summed E-state index contributed by atoms with van der Waals surface area (Å²) < 4.78 is 27.6. The van der Waals surface area contributed by atoms with Gasteiger partial charge in [-0.15, -0.1) is 5.10 Å². The second-order valence-electron chi connectivity index (χ2n) is 7.92. The van der Waals surface area contributed by atoms with Crippen molar-refractivity contribution in [3.8, 4) is 0 Å². The fourth-order valence-corrected chi connectivity index (χ4v) is 5.65. The van der Waals surface area contributed by atoms with Gasteiger partial charge in [0.25, 0.3) is 15.9 Å². The van der Waals surface area contributed by atoms with Gasteiger partial charge in [-0.3, -0.25) is 9.59 Å². The van der Waals surface area contributed by atoms with Crippen molar-refractivity contribution in [3.05, 3.63) is 72.1 Å². The van der Waals surface area contributed by atoms with Gasteiger partial charge in [-0.2, -0.15) is 0 Å². The Morgan fingerprint density at radius 1 is 0.939 bits per heavy atom. The summed E-state index contributed by atoms with van der Waals surface area (Å²) in [6.45, 7) is 2.46. The Morgan fingerprint density at radius 3 is 2.36 bits per heavy atom. The Hall–Kier alpha value is -3.73. The fourth-order valence-electron chi connectivity index (χ4n) is 4.11. The molecular formula is C22H22N6O4S. The highest BCUT2D eigenvalue weighted by Gasteiger charge is 2.41. The summed E-state index contributed by atoms with van der Waals surface area (Å²) in [4.78, 5) is 29.3. The van der Waals surface area contributed by atoms with E-state index in [0.717, 1.165) is 23.1 Å². The summed E-state index contributed by atoms with van der Waals surface area (Å²) in [6, 6.07) is 16.2. The molecule has 0 N–H and O–H groups in total. The number of piperazine rings is 1. The number of hydrogen-bond donors (Lipinski definition) is 0. The van der Waals surface area contributed by atoms with Gasteiger partial charge in [0.05, 0.1) is 18.3 Å². The van der Waals surface area contributed by atoms with Crippen LogP contribution in [0, 0.1) is 0 Å². The minimum atomic E-state index is -3.93. The van der Waals surface area contributed by atoms with Crippen molar-refractivity contribution >= 4 is 27.5 Å². The van der Waals surface area contributed by atoms with Crippen molar-refractivity contribution in [2.24, 2.45) is 0 Å².